The number of aromatic nitrogens is 2. The SMILES string of the molecule is Cc1ccc(OCc2cc(=O)n3oc(C)cc3n2)c(NC(=O)c2cccc(F)c2)c1. The molecule has 0 saturated heterocycles. The number of rotatable bonds is 5. The number of anilines is 1. The van der Waals surface area contributed by atoms with Gasteiger partial charge in [-0.1, -0.05) is 12.1 Å². The van der Waals surface area contributed by atoms with Crippen LogP contribution in [-0.4, -0.2) is 15.5 Å². The molecule has 0 unspecified atom stereocenters. The minimum Gasteiger partial charge on any atom is -0.485 e. The van der Waals surface area contributed by atoms with Crippen molar-refractivity contribution in [2.75, 3.05) is 5.32 Å². The van der Waals surface area contributed by atoms with Gasteiger partial charge in [-0.25, -0.2) is 9.37 Å². The summed E-state index contributed by atoms with van der Waals surface area (Å²) in [5.74, 6) is 0.0106. The molecule has 0 aliphatic carbocycles. The fourth-order valence-corrected chi connectivity index (χ4v) is 2.99. The van der Waals surface area contributed by atoms with E-state index in [9.17, 15) is 14.0 Å². The van der Waals surface area contributed by atoms with Crippen LogP contribution in [0.2, 0.25) is 0 Å². The molecule has 0 saturated carbocycles. The first-order valence-corrected chi connectivity index (χ1v) is 9.19. The third-order valence-corrected chi connectivity index (χ3v) is 4.37. The van der Waals surface area contributed by atoms with Crippen molar-refractivity contribution >= 4 is 17.2 Å². The van der Waals surface area contributed by atoms with Gasteiger partial charge in [0.05, 0.1) is 11.4 Å². The van der Waals surface area contributed by atoms with E-state index in [1.165, 1.54) is 24.3 Å². The lowest BCUT2D eigenvalue weighted by atomic mass is 10.1. The van der Waals surface area contributed by atoms with Crippen molar-refractivity contribution in [1.29, 1.82) is 0 Å². The van der Waals surface area contributed by atoms with Crippen LogP contribution in [0.5, 0.6) is 5.75 Å². The largest absolute Gasteiger partial charge is 0.485 e. The highest BCUT2D eigenvalue weighted by molar-refractivity contribution is 6.05. The predicted molar refractivity (Wildman–Crippen MR) is 108 cm³/mol. The fourth-order valence-electron chi connectivity index (χ4n) is 2.99. The quantitative estimate of drug-likeness (QED) is 0.543. The van der Waals surface area contributed by atoms with Gasteiger partial charge in [0.15, 0.2) is 5.65 Å². The Labute approximate surface area is 170 Å². The second-order valence-corrected chi connectivity index (χ2v) is 6.84. The third kappa shape index (κ3) is 4.07. The number of carbonyl (C=O) groups is 1. The number of benzene rings is 2. The predicted octanol–water partition coefficient (Wildman–Crippen LogP) is 3.87. The zero-order valence-corrected chi connectivity index (χ0v) is 16.3. The van der Waals surface area contributed by atoms with E-state index < -0.39 is 11.7 Å². The average Bonchev–Trinajstić information content (AvgIpc) is 3.08. The Hall–Kier alpha value is -3.94. The summed E-state index contributed by atoms with van der Waals surface area (Å²) < 4.78 is 25.6. The van der Waals surface area contributed by atoms with Crippen LogP contribution in [0.25, 0.3) is 5.65 Å². The van der Waals surface area contributed by atoms with Gasteiger partial charge in [0, 0.05) is 17.7 Å². The van der Waals surface area contributed by atoms with Gasteiger partial charge in [0.25, 0.3) is 11.5 Å². The molecule has 152 valence electrons. The molecule has 7 nitrogen and oxygen atoms in total. The molecule has 4 aromatic rings. The van der Waals surface area contributed by atoms with Crippen molar-refractivity contribution in [1.82, 2.24) is 9.56 Å². The monoisotopic (exact) mass is 407 g/mol. The summed E-state index contributed by atoms with van der Waals surface area (Å²) >= 11 is 0. The van der Waals surface area contributed by atoms with Crippen molar-refractivity contribution in [3.8, 4) is 5.75 Å². The first-order valence-electron chi connectivity index (χ1n) is 9.19. The van der Waals surface area contributed by atoms with Gasteiger partial charge in [0.2, 0.25) is 0 Å². The standard InChI is InChI=1S/C22H18FN3O4/c1-13-6-7-19(18(8-13)25-22(28)15-4-3-5-16(23)10-15)29-12-17-11-21(27)26-20(24-17)9-14(2)30-26/h3-11H,12H2,1-2H3,(H,25,28). The summed E-state index contributed by atoms with van der Waals surface area (Å²) in [5.41, 5.74) is 1.99. The first-order chi connectivity index (χ1) is 14.4. The second kappa shape index (κ2) is 7.82. The number of nitrogens with zero attached hydrogens (tertiary/aromatic N) is 2. The molecular formula is C22H18FN3O4. The van der Waals surface area contributed by atoms with Crippen LogP contribution < -0.4 is 15.6 Å². The Balaban J connectivity index is 1.56. The van der Waals surface area contributed by atoms with Gasteiger partial charge in [-0.3, -0.25) is 9.59 Å². The summed E-state index contributed by atoms with van der Waals surface area (Å²) in [4.78, 5) is 29.0. The maximum absolute atomic E-state index is 13.4. The van der Waals surface area contributed by atoms with Crippen molar-refractivity contribution < 1.29 is 18.4 Å². The minimum absolute atomic E-state index is 0.0157. The summed E-state index contributed by atoms with van der Waals surface area (Å²) in [7, 11) is 0. The van der Waals surface area contributed by atoms with Gasteiger partial charge in [-0.15, -0.1) is 4.57 Å². The van der Waals surface area contributed by atoms with Gasteiger partial charge < -0.3 is 14.6 Å². The molecule has 2 aromatic heterocycles. The van der Waals surface area contributed by atoms with Crippen LogP contribution >= 0.6 is 0 Å². The van der Waals surface area contributed by atoms with E-state index in [1.54, 1.807) is 25.1 Å². The Morgan fingerprint density at radius 2 is 2.00 bits per heavy atom. The van der Waals surface area contributed by atoms with Gasteiger partial charge >= 0.3 is 0 Å². The van der Waals surface area contributed by atoms with Gasteiger partial charge in [0.1, 0.15) is 23.9 Å². The molecule has 2 heterocycles. The number of aryl methyl sites for hydroxylation is 2. The lowest BCUT2D eigenvalue weighted by molar-refractivity contribution is 0.102. The van der Waals surface area contributed by atoms with Crippen molar-refractivity contribution in [2.24, 2.45) is 0 Å². The summed E-state index contributed by atoms with van der Waals surface area (Å²) in [6.45, 7) is 3.62. The minimum atomic E-state index is -0.495. The summed E-state index contributed by atoms with van der Waals surface area (Å²) in [5, 5.41) is 2.74. The lowest BCUT2D eigenvalue weighted by Crippen LogP contribution is -2.15. The van der Waals surface area contributed by atoms with E-state index in [4.69, 9.17) is 9.26 Å². The smallest absolute Gasteiger partial charge is 0.287 e. The lowest BCUT2D eigenvalue weighted by Gasteiger charge is -2.13. The number of amides is 1. The highest BCUT2D eigenvalue weighted by Gasteiger charge is 2.13. The van der Waals surface area contributed by atoms with E-state index >= 15 is 0 Å². The zero-order valence-electron chi connectivity index (χ0n) is 16.3. The van der Waals surface area contributed by atoms with E-state index in [0.717, 1.165) is 16.2 Å². The fraction of sp³-hybridized carbons (Fsp3) is 0.136. The van der Waals surface area contributed by atoms with Crippen molar-refractivity contribution in [2.45, 2.75) is 20.5 Å². The van der Waals surface area contributed by atoms with Gasteiger partial charge in [-0.05, 0) is 49.7 Å². The maximum Gasteiger partial charge on any atom is 0.287 e. The molecule has 0 fully saturated rings. The van der Waals surface area contributed by atoms with E-state index in [1.807, 2.05) is 13.0 Å². The Bertz CT molecular complexity index is 1310. The van der Waals surface area contributed by atoms with Crippen LogP contribution in [0.3, 0.4) is 0 Å². The third-order valence-electron chi connectivity index (χ3n) is 4.37. The molecule has 0 radical (unpaired) electrons. The normalized spacial score (nSPS) is 10.9. The van der Waals surface area contributed by atoms with Crippen LogP contribution in [0, 0.1) is 19.7 Å². The number of hydrogen-bond acceptors (Lipinski definition) is 5. The number of halogens is 1. The molecule has 1 N–H and O–H groups in total. The molecule has 0 aliphatic heterocycles. The Morgan fingerprint density at radius 3 is 2.80 bits per heavy atom. The van der Waals surface area contributed by atoms with Crippen molar-refractivity contribution in [3.63, 3.8) is 0 Å². The van der Waals surface area contributed by atoms with E-state index in [2.05, 4.69) is 10.3 Å². The highest BCUT2D eigenvalue weighted by Crippen LogP contribution is 2.27. The molecule has 0 bridgehead atoms. The number of carbonyl (C=O) groups excluding carboxylic acids is 1. The van der Waals surface area contributed by atoms with E-state index in [-0.39, 0.29) is 17.7 Å². The summed E-state index contributed by atoms with van der Waals surface area (Å²) in [6.07, 6.45) is 0. The number of nitrogens with one attached hydrogen (secondary N) is 1. The molecule has 30 heavy (non-hydrogen) atoms. The number of hydrogen-bond donors (Lipinski definition) is 1. The van der Waals surface area contributed by atoms with Crippen molar-refractivity contribution in [3.05, 3.63) is 93.3 Å². The van der Waals surface area contributed by atoms with Crippen LogP contribution in [-0.2, 0) is 6.61 Å². The average molecular weight is 407 g/mol. The molecule has 1 amide bonds. The first kappa shape index (κ1) is 19.4. The molecule has 2 aromatic carbocycles. The Morgan fingerprint density at radius 1 is 1.17 bits per heavy atom. The molecule has 0 atom stereocenters. The molecular weight excluding hydrogens is 389 g/mol. The molecule has 0 spiro atoms. The van der Waals surface area contributed by atoms with Crippen LogP contribution in [0.1, 0.15) is 27.4 Å². The molecule has 4 rings (SSSR count). The Kier molecular flexibility index (Phi) is 5.05. The zero-order chi connectivity index (χ0) is 21.3. The maximum atomic E-state index is 13.4. The topological polar surface area (TPSA) is 85.8 Å². The second-order valence-electron chi connectivity index (χ2n) is 6.84. The summed E-state index contributed by atoms with van der Waals surface area (Å²) in [6, 6.07) is 13.7. The number of ether oxygens (including phenoxy) is 1. The van der Waals surface area contributed by atoms with Crippen LogP contribution in [0.15, 0.2) is 63.9 Å². The highest BCUT2D eigenvalue weighted by atomic mass is 19.1. The van der Waals surface area contributed by atoms with Gasteiger partial charge in [-0.2, -0.15) is 0 Å². The molecule has 8 heteroatoms. The van der Waals surface area contributed by atoms with Crippen LogP contribution in [0.4, 0.5) is 10.1 Å². The number of fused-ring (bicyclic) bond motifs is 1. The van der Waals surface area contributed by atoms with E-state index in [0.29, 0.717) is 28.5 Å². The molecule has 0 aliphatic rings.